The fraction of sp³-hybridized carbons (Fsp3) is 0.833. The molecule has 2 amide bonds. The van der Waals surface area contributed by atoms with Crippen molar-refractivity contribution < 1.29 is 14.3 Å². The van der Waals surface area contributed by atoms with Gasteiger partial charge in [-0.1, -0.05) is 0 Å². The van der Waals surface area contributed by atoms with E-state index in [0.29, 0.717) is 6.61 Å². The lowest BCUT2D eigenvalue weighted by molar-refractivity contribution is -0.160. The molecule has 17 heavy (non-hydrogen) atoms. The van der Waals surface area contributed by atoms with Gasteiger partial charge in [0.05, 0.1) is 12.6 Å². The molecule has 5 nitrogen and oxygen atoms in total. The fourth-order valence-electron chi connectivity index (χ4n) is 2.70. The predicted molar refractivity (Wildman–Crippen MR) is 62.4 cm³/mol. The van der Waals surface area contributed by atoms with E-state index < -0.39 is 0 Å². The minimum absolute atomic E-state index is 0.0273. The molecular weight excluding hydrogens is 220 g/mol. The molecule has 0 aromatic rings. The number of piperazine rings is 1. The zero-order valence-electron chi connectivity index (χ0n) is 10.5. The van der Waals surface area contributed by atoms with E-state index in [0.717, 1.165) is 25.8 Å². The number of carbonyl (C=O) groups is 2. The average molecular weight is 240 g/mol. The number of carbonyl (C=O) groups excluding carboxylic acids is 2. The van der Waals surface area contributed by atoms with E-state index in [-0.39, 0.29) is 30.4 Å². The molecular formula is C12H20N2O3. The number of ether oxygens (including phenoxy) is 1. The van der Waals surface area contributed by atoms with Crippen molar-refractivity contribution in [1.29, 1.82) is 0 Å². The van der Waals surface area contributed by atoms with Crippen LogP contribution >= 0.6 is 0 Å². The molecule has 2 aliphatic rings. The number of amides is 2. The van der Waals surface area contributed by atoms with Gasteiger partial charge in [-0.3, -0.25) is 9.59 Å². The molecule has 2 unspecified atom stereocenters. The van der Waals surface area contributed by atoms with Gasteiger partial charge in [-0.25, -0.2) is 0 Å². The first-order valence-electron chi connectivity index (χ1n) is 6.24. The van der Waals surface area contributed by atoms with Crippen LogP contribution in [0.2, 0.25) is 0 Å². The average Bonchev–Trinajstić information content (AvgIpc) is 2.34. The highest BCUT2D eigenvalue weighted by Gasteiger charge is 2.41. The Morgan fingerprint density at radius 1 is 1.41 bits per heavy atom. The summed E-state index contributed by atoms with van der Waals surface area (Å²) in [6.07, 6.45) is 2.86. The van der Waals surface area contributed by atoms with Crippen LogP contribution < -0.4 is 0 Å². The lowest BCUT2D eigenvalue weighted by Gasteiger charge is -2.44. The number of rotatable bonds is 3. The van der Waals surface area contributed by atoms with Gasteiger partial charge in [0, 0.05) is 13.7 Å². The van der Waals surface area contributed by atoms with Gasteiger partial charge in [0.25, 0.3) is 0 Å². The summed E-state index contributed by atoms with van der Waals surface area (Å²) in [7, 11) is 1.61. The second kappa shape index (κ2) is 5.04. The summed E-state index contributed by atoms with van der Waals surface area (Å²) in [4.78, 5) is 27.7. The molecule has 0 N–H and O–H groups in total. The summed E-state index contributed by atoms with van der Waals surface area (Å²) >= 11 is 0. The van der Waals surface area contributed by atoms with Crippen LogP contribution in [0.3, 0.4) is 0 Å². The summed E-state index contributed by atoms with van der Waals surface area (Å²) in [5.74, 6) is 0.172. The van der Waals surface area contributed by atoms with Gasteiger partial charge in [0.2, 0.25) is 11.8 Å². The predicted octanol–water partition coefficient (Wildman–Crippen LogP) is 0.245. The molecule has 2 rings (SSSR count). The van der Waals surface area contributed by atoms with Gasteiger partial charge in [-0.05, 0) is 26.2 Å². The zero-order chi connectivity index (χ0) is 12.4. The number of nitrogens with zero attached hydrogens (tertiary/aromatic N) is 2. The van der Waals surface area contributed by atoms with Crippen LogP contribution in [0.1, 0.15) is 26.2 Å². The summed E-state index contributed by atoms with van der Waals surface area (Å²) < 4.78 is 5.06. The van der Waals surface area contributed by atoms with E-state index in [9.17, 15) is 9.59 Å². The van der Waals surface area contributed by atoms with Crippen LogP contribution in [0.25, 0.3) is 0 Å². The van der Waals surface area contributed by atoms with Gasteiger partial charge in [-0.2, -0.15) is 0 Å². The number of hydrogen-bond acceptors (Lipinski definition) is 3. The normalized spacial score (nSPS) is 27.1. The summed E-state index contributed by atoms with van der Waals surface area (Å²) in [6.45, 7) is 3.35. The maximum absolute atomic E-state index is 12.3. The molecule has 2 saturated heterocycles. The molecule has 96 valence electrons. The fourth-order valence-corrected chi connectivity index (χ4v) is 2.70. The van der Waals surface area contributed by atoms with Crippen molar-refractivity contribution in [2.75, 3.05) is 26.8 Å². The molecule has 0 saturated carbocycles. The van der Waals surface area contributed by atoms with Crippen molar-refractivity contribution in [1.82, 2.24) is 9.80 Å². The third-order valence-electron chi connectivity index (χ3n) is 3.64. The SMILES string of the molecule is COCC(C)N1CC(=O)N2CCCCC2C1=O. The first kappa shape index (κ1) is 12.4. The van der Waals surface area contributed by atoms with Crippen molar-refractivity contribution in [2.24, 2.45) is 0 Å². The van der Waals surface area contributed by atoms with Crippen LogP contribution in [-0.4, -0.2) is 60.5 Å². The van der Waals surface area contributed by atoms with Crippen LogP contribution in [0.15, 0.2) is 0 Å². The molecule has 2 fully saturated rings. The quantitative estimate of drug-likeness (QED) is 0.710. The van der Waals surface area contributed by atoms with Crippen molar-refractivity contribution in [3.05, 3.63) is 0 Å². The van der Waals surface area contributed by atoms with Crippen LogP contribution in [0.4, 0.5) is 0 Å². The topological polar surface area (TPSA) is 49.9 Å². The number of hydrogen-bond donors (Lipinski definition) is 0. The minimum Gasteiger partial charge on any atom is -0.383 e. The maximum Gasteiger partial charge on any atom is 0.246 e. The Hall–Kier alpha value is -1.10. The second-order valence-corrected chi connectivity index (χ2v) is 4.87. The van der Waals surface area contributed by atoms with E-state index in [1.54, 1.807) is 16.9 Å². The number of piperidine rings is 1. The Morgan fingerprint density at radius 3 is 2.88 bits per heavy atom. The lowest BCUT2D eigenvalue weighted by atomic mass is 9.97. The molecule has 2 atom stereocenters. The van der Waals surface area contributed by atoms with E-state index in [1.165, 1.54) is 0 Å². The van der Waals surface area contributed by atoms with E-state index in [1.807, 2.05) is 6.92 Å². The minimum atomic E-state index is -0.218. The maximum atomic E-state index is 12.3. The molecule has 0 aromatic heterocycles. The highest BCUT2D eigenvalue weighted by atomic mass is 16.5. The van der Waals surface area contributed by atoms with Crippen molar-refractivity contribution in [3.8, 4) is 0 Å². The molecule has 5 heteroatoms. The Kier molecular flexibility index (Phi) is 3.66. The molecule has 0 spiro atoms. The first-order chi connectivity index (χ1) is 8.15. The lowest BCUT2D eigenvalue weighted by Crippen LogP contribution is -2.63. The zero-order valence-corrected chi connectivity index (χ0v) is 10.5. The molecule has 0 bridgehead atoms. The number of fused-ring (bicyclic) bond motifs is 1. The van der Waals surface area contributed by atoms with Gasteiger partial charge in [-0.15, -0.1) is 0 Å². The Morgan fingerprint density at radius 2 is 2.18 bits per heavy atom. The van der Waals surface area contributed by atoms with E-state index in [2.05, 4.69) is 0 Å². The number of methoxy groups -OCH3 is 1. The molecule has 2 heterocycles. The smallest absolute Gasteiger partial charge is 0.246 e. The Labute approximate surface area is 102 Å². The molecule has 2 aliphatic heterocycles. The monoisotopic (exact) mass is 240 g/mol. The highest BCUT2D eigenvalue weighted by molar-refractivity contribution is 5.95. The molecule has 0 radical (unpaired) electrons. The summed E-state index contributed by atoms with van der Waals surface area (Å²) in [5.41, 5.74) is 0. The van der Waals surface area contributed by atoms with Gasteiger partial charge in [0.15, 0.2) is 0 Å². The second-order valence-electron chi connectivity index (χ2n) is 4.87. The third-order valence-corrected chi connectivity index (χ3v) is 3.64. The van der Waals surface area contributed by atoms with Crippen LogP contribution in [0.5, 0.6) is 0 Å². The Balaban J connectivity index is 2.11. The van der Waals surface area contributed by atoms with Gasteiger partial charge >= 0.3 is 0 Å². The summed E-state index contributed by atoms with van der Waals surface area (Å²) in [5, 5.41) is 0. The highest BCUT2D eigenvalue weighted by Crippen LogP contribution is 2.24. The first-order valence-corrected chi connectivity index (χ1v) is 6.24. The summed E-state index contributed by atoms with van der Waals surface area (Å²) in [6, 6.07) is -0.246. The van der Waals surface area contributed by atoms with Crippen molar-refractivity contribution >= 4 is 11.8 Å². The third kappa shape index (κ3) is 2.29. The van der Waals surface area contributed by atoms with Gasteiger partial charge in [0.1, 0.15) is 12.6 Å². The van der Waals surface area contributed by atoms with Crippen LogP contribution in [-0.2, 0) is 14.3 Å². The van der Waals surface area contributed by atoms with Crippen molar-refractivity contribution in [3.63, 3.8) is 0 Å². The van der Waals surface area contributed by atoms with E-state index >= 15 is 0 Å². The standard InChI is InChI=1S/C12H20N2O3/c1-9(8-17-2)14-7-11(15)13-6-4-3-5-10(13)12(14)16/h9-10H,3-8H2,1-2H3. The largest absolute Gasteiger partial charge is 0.383 e. The molecule has 0 aromatic carbocycles. The van der Waals surface area contributed by atoms with Gasteiger partial charge < -0.3 is 14.5 Å². The van der Waals surface area contributed by atoms with E-state index in [4.69, 9.17) is 4.74 Å². The Bertz CT molecular complexity index is 319. The van der Waals surface area contributed by atoms with Crippen LogP contribution in [0, 0.1) is 0 Å². The molecule has 0 aliphatic carbocycles. The van der Waals surface area contributed by atoms with Crippen molar-refractivity contribution in [2.45, 2.75) is 38.3 Å².